The molecule has 0 saturated heterocycles. The van der Waals surface area contributed by atoms with Gasteiger partial charge in [-0.25, -0.2) is 4.39 Å². The first kappa shape index (κ1) is 25.7. The van der Waals surface area contributed by atoms with E-state index in [1.165, 1.54) is 46.4 Å². The molecule has 3 aromatic rings. The van der Waals surface area contributed by atoms with Crippen molar-refractivity contribution < 1.29 is 4.39 Å². The van der Waals surface area contributed by atoms with E-state index in [1.54, 1.807) is 23.9 Å². The van der Waals surface area contributed by atoms with Crippen molar-refractivity contribution in [2.24, 2.45) is 5.92 Å². The van der Waals surface area contributed by atoms with Gasteiger partial charge in [0.1, 0.15) is 5.82 Å². The van der Waals surface area contributed by atoms with Gasteiger partial charge in [-0.05, 0) is 108 Å². The number of benzene rings is 3. The molecule has 1 aliphatic carbocycles. The summed E-state index contributed by atoms with van der Waals surface area (Å²) in [5.74, 6) is 0.414. The summed E-state index contributed by atoms with van der Waals surface area (Å²) in [4.78, 5) is 0.375. The van der Waals surface area contributed by atoms with Gasteiger partial charge >= 0.3 is 0 Å². The molecule has 0 aromatic heterocycles. The Morgan fingerprint density at radius 2 is 1.70 bits per heavy atom. The van der Waals surface area contributed by atoms with Gasteiger partial charge in [-0.3, -0.25) is 5.01 Å². The van der Waals surface area contributed by atoms with E-state index < -0.39 is 0 Å². The first-order valence-electron chi connectivity index (χ1n) is 12.8. The molecule has 1 heterocycles. The molecule has 0 bridgehead atoms. The molecule has 1 saturated carbocycles. The number of hydrazine groups is 1. The highest BCUT2D eigenvalue weighted by Gasteiger charge is 2.27. The molecule has 1 fully saturated rings. The van der Waals surface area contributed by atoms with Crippen molar-refractivity contribution in [3.05, 3.63) is 117 Å². The van der Waals surface area contributed by atoms with Crippen molar-refractivity contribution in [3.63, 3.8) is 0 Å². The number of hydrogen-bond acceptors (Lipinski definition) is 4. The molecule has 3 aromatic carbocycles. The monoisotopic (exact) mass is 528 g/mol. The minimum atomic E-state index is -0.280. The van der Waals surface area contributed by atoms with E-state index >= 15 is 0 Å². The van der Waals surface area contributed by atoms with Gasteiger partial charge in [-0.2, -0.15) is 0 Å². The quantitative estimate of drug-likeness (QED) is 0.311. The molecular weight excluding hydrogens is 495 g/mol. The molecule has 2 nitrogen and oxygen atoms in total. The maximum atomic E-state index is 14.5. The molecule has 37 heavy (non-hydrogen) atoms. The van der Waals surface area contributed by atoms with Crippen molar-refractivity contribution in [1.82, 2.24) is 10.4 Å². The van der Waals surface area contributed by atoms with Gasteiger partial charge in [0.15, 0.2) is 0 Å². The second kappa shape index (κ2) is 11.2. The molecule has 0 unspecified atom stereocenters. The first-order chi connectivity index (χ1) is 17.9. The van der Waals surface area contributed by atoms with Gasteiger partial charge in [-0.15, -0.1) is 24.4 Å². The van der Waals surface area contributed by atoms with Gasteiger partial charge in [0.05, 0.1) is 0 Å². The van der Waals surface area contributed by atoms with Crippen LogP contribution in [0.2, 0.25) is 0 Å². The Bertz CT molecular complexity index is 1380. The molecule has 0 atom stereocenters. The molecule has 1 aliphatic heterocycles. The van der Waals surface area contributed by atoms with Crippen molar-refractivity contribution in [2.45, 2.75) is 44.4 Å². The fraction of sp³-hybridized carbons (Fsp3) is 0.250. The van der Waals surface area contributed by atoms with Crippen molar-refractivity contribution >= 4 is 30.0 Å². The first-order valence-corrected chi connectivity index (χ1v) is 14.2. The second-order valence-corrected chi connectivity index (χ2v) is 11.3. The Kier molecular flexibility index (Phi) is 7.82. The Hall–Kier alpha value is -2.89. The average Bonchev–Trinajstić information content (AvgIpc) is 3.71. The lowest BCUT2D eigenvalue weighted by Crippen LogP contribution is -2.33. The summed E-state index contributed by atoms with van der Waals surface area (Å²) in [5.41, 5.74) is 14.2. The highest BCUT2D eigenvalue weighted by molar-refractivity contribution is 8.05. The summed E-state index contributed by atoms with van der Waals surface area (Å²) in [5, 5.41) is 6.52. The number of aryl methyl sites for hydroxylation is 1. The minimum absolute atomic E-state index is 0.280. The summed E-state index contributed by atoms with van der Waals surface area (Å²) in [6, 6.07) is 22.8. The molecular formula is C32H33FN2S2. The molecule has 2 aliphatic rings. The lowest BCUT2D eigenvalue weighted by Gasteiger charge is -2.27. The molecule has 0 amide bonds. The zero-order valence-corrected chi connectivity index (χ0v) is 23.3. The van der Waals surface area contributed by atoms with Crippen LogP contribution in [0.5, 0.6) is 0 Å². The minimum Gasteiger partial charge on any atom is -0.303 e. The second-order valence-electron chi connectivity index (χ2n) is 10.1. The average molecular weight is 529 g/mol. The third-order valence-electron chi connectivity index (χ3n) is 7.09. The summed E-state index contributed by atoms with van der Waals surface area (Å²) < 4.78 is 14.5. The van der Waals surface area contributed by atoms with Gasteiger partial charge in [0, 0.05) is 23.3 Å². The number of thioether (sulfide) groups is 1. The van der Waals surface area contributed by atoms with E-state index in [2.05, 4.69) is 103 Å². The summed E-state index contributed by atoms with van der Waals surface area (Å²) in [6.45, 7) is 4.23. The number of hydrogen-bond donors (Lipinski definition) is 2. The smallest absolute Gasteiger partial charge is 0.136 e. The zero-order chi connectivity index (χ0) is 25.9. The third kappa shape index (κ3) is 6.34. The molecule has 190 valence electrons. The maximum Gasteiger partial charge on any atom is 0.136 e. The molecule has 0 radical (unpaired) electrons. The number of thiol groups is 1. The van der Waals surface area contributed by atoms with Crippen LogP contribution in [0.1, 0.15) is 42.9 Å². The molecule has 5 rings (SSSR count). The molecule has 0 spiro atoms. The van der Waals surface area contributed by atoms with Crippen molar-refractivity contribution in [1.29, 1.82) is 0 Å². The SMILES string of the molecule is C/C1=C/S/C=C(c2cccc(-c3ccc(C)cc3)c2)\C(Cc2ccc(S)c(F)c2)=C(\CC2CC2)NN1C. The highest BCUT2D eigenvalue weighted by atomic mass is 32.2. The summed E-state index contributed by atoms with van der Waals surface area (Å²) >= 11 is 5.94. The summed E-state index contributed by atoms with van der Waals surface area (Å²) in [6.07, 6.45) is 4.14. The van der Waals surface area contributed by atoms with E-state index in [9.17, 15) is 4.39 Å². The third-order valence-corrected chi connectivity index (χ3v) is 8.30. The standard InChI is InChI=1S/C32H33FN2S2/c1-21-7-12-25(13-8-21)26-5-4-6-27(18-26)29-20-37-19-22(2)35(3)34-31(17-23-9-10-23)28(29)15-24-11-14-32(36)30(33)16-24/h4-8,11-14,16,18-20,23,34,36H,9-10,15,17H2,1-3H3/b22-19-,29-20-,31-28-. The predicted octanol–water partition coefficient (Wildman–Crippen LogP) is 8.77. The molecule has 5 heteroatoms. The number of nitrogens with one attached hydrogen (secondary N) is 1. The Labute approximate surface area is 229 Å². The number of allylic oxidation sites excluding steroid dienone is 4. The zero-order valence-electron chi connectivity index (χ0n) is 21.6. The maximum absolute atomic E-state index is 14.5. The van der Waals surface area contributed by atoms with Crippen molar-refractivity contribution in [2.75, 3.05) is 7.05 Å². The fourth-order valence-corrected chi connectivity index (χ4v) is 5.55. The van der Waals surface area contributed by atoms with Crippen LogP contribution in [-0.4, -0.2) is 12.1 Å². The lowest BCUT2D eigenvalue weighted by molar-refractivity contribution is 0.329. The Morgan fingerprint density at radius 1 is 0.946 bits per heavy atom. The van der Waals surface area contributed by atoms with Crippen LogP contribution in [0.4, 0.5) is 4.39 Å². The normalized spacial score (nSPS) is 21.2. The lowest BCUT2D eigenvalue weighted by atomic mass is 9.89. The molecule has 1 N–H and O–H groups in total. The Balaban J connectivity index is 1.64. The van der Waals surface area contributed by atoms with E-state index in [0.29, 0.717) is 17.2 Å². The van der Waals surface area contributed by atoms with E-state index in [4.69, 9.17) is 0 Å². The fourth-order valence-electron chi connectivity index (χ4n) is 4.57. The van der Waals surface area contributed by atoms with E-state index in [1.807, 2.05) is 6.07 Å². The van der Waals surface area contributed by atoms with Crippen LogP contribution in [0.15, 0.2) is 99.4 Å². The van der Waals surface area contributed by atoms with Crippen LogP contribution in [0.25, 0.3) is 16.7 Å². The highest BCUT2D eigenvalue weighted by Crippen LogP contribution is 2.40. The van der Waals surface area contributed by atoms with Crippen LogP contribution in [0.3, 0.4) is 0 Å². The van der Waals surface area contributed by atoms with Gasteiger partial charge in [0.2, 0.25) is 0 Å². The number of nitrogens with zero attached hydrogens (tertiary/aromatic N) is 1. The van der Waals surface area contributed by atoms with Crippen LogP contribution < -0.4 is 5.43 Å². The van der Waals surface area contributed by atoms with Crippen LogP contribution in [-0.2, 0) is 6.42 Å². The number of rotatable bonds is 6. The van der Waals surface area contributed by atoms with Crippen LogP contribution >= 0.6 is 24.4 Å². The topological polar surface area (TPSA) is 15.3 Å². The number of halogens is 1. The van der Waals surface area contributed by atoms with E-state index in [0.717, 1.165) is 23.2 Å². The van der Waals surface area contributed by atoms with Crippen molar-refractivity contribution in [3.8, 4) is 11.1 Å². The van der Waals surface area contributed by atoms with Gasteiger partial charge in [0.25, 0.3) is 0 Å². The summed E-state index contributed by atoms with van der Waals surface area (Å²) in [7, 11) is 2.06. The predicted molar refractivity (Wildman–Crippen MR) is 159 cm³/mol. The largest absolute Gasteiger partial charge is 0.303 e. The van der Waals surface area contributed by atoms with E-state index in [-0.39, 0.29) is 5.82 Å². The van der Waals surface area contributed by atoms with Gasteiger partial charge < -0.3 is 5.43 Å². The Morgan fingerprint density at radius 3 is 2.43 bits per heavy atom. The van der Waals surface area contributed by atoms with Crippen LogP contribution in [0, 0.1) is 18.7 Å². The van der Waals surface area contributed by atoms with Gasteiger partial charge in [-0.1, -0.05) is 54.1 Å².